The summed E-state index contributed by atoms with van der Waals surface area (Å²) in [6, 6.07) is 18.7. The van der Waals surface area contributed by atoms with Crippen LogP contribution in [0.2, 0.25) is 0 Å². The molecule has 41 heavy (non-hydrogen) atoms. The Morgan fingerprint density at radius 1 is 0.927 bits per heavy atom. The predicted octanol–water partition coefficient (Wildman–Crippen LogP) is 8.33. The summed E-state index contributed by atoms with van der Waals surface area (Å²) in [5.41, 5.74) is 6.40. The number of halogens is 3. The lowest BCUT2D eigenvalue weighted by Gasteiger charge is -2.22. The fourth-order valence-electron chi connectivity index (χ4n) is 4.76. The van der Waals surface area contributed by atoms with E-state index >= 15 is 0 Å². The average Bonchev–Trinajstić information content (AvgIpc) is 2.86. The molecule has 8 heteroatoms. The van der Waals surface area contributed by atoms with Gasteiger partial charge in [-0.1, -0.05) is 57.2 Å². The lowest BCUT2D eigenvalue weighted by molar-refractivity contribution is -0.137. The predicted molar refractivity (Wildman–Crippen MR) is 154 cm³/mol. The van der Waals surface area contributed by atoms with Gasteiger partial charge in [0.25, 0.3) is 5.91 Å². The largest absolute Gasteiger partial charge is 0.486 e. The topological polar surface area (TPSA) is 75.6 Å². The van der Waals surface area contributed by atoms with Gasteiger partial charge in [-0.2, -0.15) is 13.2 Å². The molecule has 0 aliphatic heterocycles. The van der Waals surface area contributed by atoms with Crippen molar-refractivity contribution in [3.05, 3.63) is 88.5 Å². The standard InChI is InChI=1S/C33H38F3NO4/c1-21-19-27(20-22(2)30(21)24-12-14-26(15-13-24)32(3,4)5)41-28(7-6-17-33(34,35)36)23-8-10-25(11-9-23)31(40)37-18-16-29(38)39/h8-15,19-20,28H,6-7,16-18H2,1-5H3,(H,37,40)(H,38,39). The maximum atomic E-state index is 12.9. The van der Waals surface area contributed by atoms with Crippen molar-refractivity contribution in [2.75, 3.05) is 6.54 Å². The molecule has 0 saturated carbocycles. The first-order valence-electron chi connectivity index (χ1n) is 13.7. The zero-order valence-electron chi connectivity index (χ0n) is 24.2. The van der Waals surface area contributed by atoms with Gasteiger partial charge in [0.15, 0.2) is 0 Å². The molecule has 1 unspecified atom stereocenters. The molecule has 3 aromatic carbocycles. The zero-order chi connectivity index (χ0) is 30.4. The smallest absolute Gasteiger partial charge is 0.389 e. The third-order valence-electron chi connectivity index (χ3n) is 6.92. The van der Waals surface area contributed by atoms with E-state index < -0.39 is 30.6 Å². The molecule has 0 saturated heterocycles. The maximum absolute atomic E-state index is 12.9. The zero-order valence-corrected chi connectivity index (χ0v) is 24.2. The van der Waals surface area contributed by atoms with E-state index in [9.17, 15) is 22.8 Å². The number of aliphatic carboxylic acids is 1. The van der Waals surface area contributed by atoms with Crippen molar-refractivity contribution in [3.8, 4) is 16.9 Å². The molecule has 5 nitrogen and oxygen atoms in total. The second-order valence-corrected chi connectivity index (χ2v) is 11.4. The van der Waals surface area contributed by atoms with Crippen LogP contribution in [0.15, 0.2) is 60.7 Å². The van der Waals surface area contributed by atoms with E-state index in [-0.39, 0.29) is 31.2 Å². The number of rotatable bonds is 11. The molecule has 0 spiro atoms. The summed E-state index contributed by atoms with van der Waals surface area (Å²) in [6.07, 6.45) is -6.01. The number of alkyl halides is 3. The van der Waals surface area contributed by atoms with Gasteiger partial charge in [0.05, 0.1) is 6.42 Å². The van der Waals surface area contributed by atoms with Crippen molar-refractivity contribution < 1.29 is 32.6 Å². The molecular formula is C33H38F3NO4. The molecule has 3 aromatic rings. The quantitative estimate of drug-likeness (QED) is 0.243. The van der Waals surface area contributed by atoms with E-state index in [0.717, 1.165) is 22.3 Å². The van der Waals surface area contributed by atoms with E-state index in [4.69, 9.17) is 9.84 Å². The maximum Gasteiger partial charge on any atom is 0.389 e. The molecule has 0 fully saturated rings. The summed E-state index contributed by atoms with van der Waals surface area (Å²) in [6.45, 7) is 10.5. The van der Waals surface area contributed by atoms with Crippen LogP contribution in [0.5, 0.6) is 5.75 Å². The monoisotopic (exact) mass is 569 g/mol. The van der Waals surface area contributed by atoms with Gasteiger partial charge in [0.2, 0.25) is 0 Å². The van der Waals surface area contributed by atoms with Gasteiger partial charge in [-0.05, 0) is 89.8 Å². The van der Waals surface area contributed by atoms with E-state index in [1.807, 2.05) is 26.0 Å². The Morgan fingerprint density at radius 3 is 2.02 bits per heavy atom. The minimum Gasteiger partial charge on any atom is -0.486 e. The Morgan fingerprint density at radius 2 is 1.51 bits per heavy atom. The molecule has 0 aliphatic rings. The van der Waals surface area contributed by atoms with Crippen molar-refractivity contribution in [1.82, 2.24) is 5.32 Å². The lowest BCUT2D eigenvalue weighted by Crippen LogP contribution is -2.26. The molecule has 0 aliphatic carbocycles. The number of hydrogen-bond donors (Lipinski definition) is 2. The molecule has 2 N–H and O–H groups in total. The summed E-state index contributed by atoms with van der Waals surface area (Å²) >= 11 is 0. The first-order valence-corrected chi connectivity index (χ1v) is 13.7. The first kappa shape index (κ1) is 31.7. The number of carbonyl (C=O) groups excluding carboxylic acids is 1. The molecule has 1 amide bonds. The summed E-state index contributed by atoms with van der Waals surface area (Å²) < 4.78 is 45.0. The van der Waals surface area contributed by atoms with Crippen LogP contribution in [0.3, 0.4) is 0 Å². The Hall–Kier alpha value is -3.81. The van der Waals surface area contributed by atoms with E-state index in [1.165, 1.54) is 5.56 Å². The molecule has 0 bridgehead atoms. The highest BCUT2D eigenvalue weighted by Crippen LogP contribution is 2.36. The summed E-state index contributed by atoms with van der Waals surface area (Å²) in [5, 5.41) is 11.3. The van der Waals surface area contributed by atoms with Crippen LogP contribution in [0, 0.1) is 13.8 Å². The Kier molecular flexibility index (Phi) is 10.2. The first-order chi connectivity index (χ1) is 19.1. The van der Waals surface area contributed by atoms with Crippen LogP contribution >= 0.6 is 0 Å². The van der Waals surface area contributed by atoms with E-state index in [2.05, 4.69) is 50.4 Å². The fraction of sp³-hybridized carbons (Fsp3) is 0.394. The van der Waals surface area contributed by atoms with Gasteiger partial charge >= 0.3 is 12.1 Å². The second kappa shape index (κ2) is 13.2. The summed E-state index contributed by atoms with van der Waals surface area (Å²) in [7, 11) is 0. The van der Waals surface area contributed by atoms with Gasteiger partial charge in [0.1, 0.15) is 11.9 Å². The Balaban J connectivity index is 1.83. The lowest BCUT2D eigenvalue weighted by atomic mass is 9.85. The third-order valence-corrected chi connectivity index (χ3v) is 6.92. The average molecular weight is 570 g/mol. The van der Waals surface area contributed by atoms with Crippen LogP contribution in [0.25, 0.3) is 11.1 Å². The number of carbonyl (C=O) groups is 2. The molecule has 0 radical (unpaired) electrons. The Labute approximate surface area is 239 Å². The van der Waals surface area contributed by atoms with Gasteiger partial charge in [0, 0.05) is 18.5 Å². The van der Waals surface area contributed by atoms with Gasteiger partial charge in [-0.15, -0.1) is 0 Å². The number of benzene rings is 3. The van der Waals surface area contributed by atoms with Crippen LogP contribution < -0.4 is 10.1 Å². The van der Waals surface area contributed by atoms with Crippen molar-refractivity contribution in [3.63, 3.8) is 0 Å². The molecule has 3 rings (SSSR count). The number of nitrogens with one attached hydrogen (secondary N) is 1. The number of carboxylic acids is 1. The number of amides is 1. The van der Waals surface area contributed by atoms with E-state index in [1.54, 1.807) is 24.3 Å². The number of hydrogen-bond acceptors (Lipinski definition) is 3. The number of carboxylic acid groups (broad SMARTS) is 1. The Bertz CT molecular complexity index is 1320. The minimum absolute atomic E-state index is 0.00543. The highest BCUT2D eigenvalue weighted by molar-refractivity contribution is 5.94. The summed E-state index contributed by atoms with van der Waals surface area (Å²) in [5.74, 6) is -0.885. The van der Waals surface area contributed by atoms with Crippen LogP contribution in [-0.4, -0.2) is 29.7 Å². The summed E-state index contributed by atoms with van der Waals surface area (Å²) in [4.78, 5) is 23.0. The van der Waals surface area contributed by atoms with Crippen molar-refractivity contribution in [1.29, 1.82) is 0 Å². The van der Waals surface area contributed by atoms with Gasteiger partial charge in [-0.25, -0.2) is 0 Å². The van der Waals surface area contributed by atoms with Crippen molar-refractivity contribution >= 4 is 11.9 Å². The normalized spacial score (nSPS) is 12.6. The molecular weight excluding hydrogens is 531 g/mol. The van der Waals surface area contributed by atoms with Crippen LogP contribution in [-0.2, 0) is 10.2 Å². The highest BCUT2D eigenvalue weighted by Gasteiger charge is 2.27. The number of aryl methyl sites for hydroxylation is 2. The van der Waals surface area contributed by atoms with Crippen molar-refractivity contribution in [2.45, 2.75) is 78.0 Å². The third kappa shape index (κ3) is 9.37. The minimum atomic E-state index is -4.26. The molecule has 220 valence electrons. The molecule has 0 aromatic heterocycles. The number of ether oxygens (including phenoxy) is 1. The fourth-order valence-corrected chi connectivity index (χ4v) is 4.76. The van der Waals surface area contributed by atoms with Gasteiger partial charge < -0.3 is 15.2 Å². The van der Waals surface area contributed by atoms with Gasteiger partial charge in [-0.3, -0.25) is 9.59 Å². The second-order valence-electron chi connectivity index (χ2n) is 11.4. The SMILES string of the molecule is Cc1cc(OC(CCCC(F)(F)F)c2ccc(C(=O)NCCC(=O)O)cc2)cc(C)c1-c1ccc(C(C)(C)C)cc1. The molecule has 1 atom stereocenters. The van der Waals surface area contributed by atoms with Crippen molar-refractivity contribution in [2.24, 2.45) is 0 Å². The van der Waals surface area contributed by atoms with Crippen LogP contribution in [0.4, 0.5) is 13.2 Å². The van der Waals surface area contributed by atoms with E-state index in [0.29, 0.717) is 16.9 Å². The highest BCUT2D eigenvalue weighted by atomic mass is 19.4. The van der Waals surface area contributed by atoms with Crippen LogP contribution in [0.1, 0.15) is 85.2 Å². The molecule has 0 heterocycles.